The van der Waals surface area contributed by atoms with E-state index in [-0.39, 0.29) is 11.9 Å². The van der Waals surface area contributed by atoms with Crippen LogP contribution in [0, 0.1) is 0 Å². The molecule has 1 amide bonds. The molecule has 1 aliphatic heterocycles. The van der Waals surface area contributed by atoms with E-state index >= 15 is 0 Å². The molecule has 6 heteroatoms. The Kier molecular flexibility index (Phi) is 4.06. The molecule has 0 spiro atoms. The molecule has 0 N–H and O–H groups in total. The zero-order valence-corrected chi connectivity index (χ0v) is 14.5. The minimum absolute atomic E-state index is 0.182. The number of aryl methyl sites for hydroxylation is 2. The van der Waals surface area contributed by atoms with Crippen LogP contribution in [0.5, 0.6) is 0 Å². The fourth-order valence-electron chi connectivity index (χ4n) is 3.41. The van der Waals surface area contributed by atoms with Crippen LogP contribution in [-0.4, -0.2) is 32.1 Å². The molecule has 0 unspecified atom stereocenters. The molecular weight excluding hydrogens is 320 g/mol. The molecule has 5 nitrogen and oxygen atoms in total. The van der Waals surface area contributed by atoms with Crippen molar-refractivity contribution in [3.63, 3.8) is 0 Å². The first-order chi connectivity index (χ1) is 11.7. The summed E-state index contributed by atoms with van der Waals surface area (Å²) in [5, 5.41) is 5.29. The van der Waals surface area contributed by atoms with Gasteiger partial charge >= 0.3 is 0 Å². The maximum atomic E-state index is 12.7. The van der Waals surface area contributed by atoms with Crippen LogP contribution in [0.1, 0.15) is 35.9 Å². The van der Waals surface area contributed by atoms with Crippen LogP contribution < -0.4 is 0 Å². The van der Waals surface area contributed by atoms with Gasteiger partial charge < -0.3 is 4.90 Å². The van der Waals surface area contributed by atoms with Gasteiger partial charge in [-0.1, -0.05) is 12.1 Å². The van der Waals surface area contributed by atoms with Crippen molar-refractivity contribution in [3.8, 4) is 0 Å². The topological polar surface area (TPSA) is 51.0 Å². The fraction of sp³-hybridized carbons (Fsp3) is 0.389. The largest absolute Gasteiger partial charge is 0.336 e. The van der Waals surface area contributed by atoms with Crippen molar-refractivity contribution in [2.24, 2.45) is 7.05 Å². The molecule has 0 saturated carbocycles. The van der Waals surface area contributed by atoms with E-state index in [9.17, 15) is 4.79 Å². The molecule has 1 atom stereocenters. The molecule has 3 aromatic rings. The molecule has 3 heterocycles. The third kappa shape index (κ3) is 2.94. The van der Waals surface area contributed by atoms with Gasteiger partial charge in [0.25, 0.3) is 0 Å². The molecule has 24 heavy (non-hydrogen) atoms. The van der Waals surface area contributed by atoms with Crippen molar-refractivity contribution in [1.82, 2.24) is 19.7 Å². The number of carbonyl (C=O) groups excluding carboxylic acids is 1. The maximum absolute atomic E-state index is 12.7. The van der Waals surface area contributed by atoms with Crippen LogP contribution in [0.3, 0.4) is 0 Å². The number of likely N-dealkylation sites (tertiary alicyclic amines) is 1. The van der Waals surface area contributed by atoms with Gasteiger partial charge in [0.05, 0.1) is 27.5 Å². The lowest BCUT2D eigenvalue weighted by atomic mass is 10.1. The van der Waals surface area contributed by atoms with Gasteiger partial charge in [-0.15, -0.1) is 11.3 Å². The Balaban J connectivity index is 1.43. The Morgan fingerprint density at radius 3 is 3.04 bits per heavy atom. The van der Waals surface area contributed by atoms with Gasteiger partial charge in [0.1, 0.15) is 0 Å². The number of rotatable bonds is 4. The average molecular weight is 340 g/mol. The molecular formula is C18H20N4OS. The SMILES string of the molecule is Cn1cc([C@H]2CCCN2C(=O)CCc2nc3ccccc3s2)cn1. The fourth-order valence-corrected chi connectivity index (χ4v) is 4.38. The molecule has 0 bridgehead atoms. The Morgan fingerprint density at radius 1 is 1.38 bits per heavy atom. The summed E-state index contributed by atoms with van der Waals surface area (Å²) in [4.78, 5) is 19.3. The Labute approximate surface area is 144 Å². The number of carbonyl (C=O) groups is 1. The summed E-state index contributed by atoms with van der Waals surface area (Å²) in [5.41, 5.74) is 2.17. The van der Waals surface area contributed by atoms with E-state index in [1.165, 1.54) is 4.70 Å². The van der Waals surface area contributed by atoms with Gasteiger partial charge in [-0.2, -0.15) is 5.10 Å². The number of hydrogen-bond acceptors (Lipinski definition) is 4. The van der Waals surface area contributed by atoms with Gasteiger partial charge in [-0.3, -0.25) is 9.48 Å². The summed E-state index contributed by atoms with van der Waals surface area (Å²) in [6.45, 7) is 0.845. The highest BCUT2D eigenvalue weighted by molar-refractivity contribution is 7.18. The summed E-state index contributed by atoms with van der Waals surface area (Å²) in [6, 6.07) is 8.31. The minimum Gasteiger partial charge on any atom is -0.336 e. The van der Waals surface area contributed by atoms with Crippen LogP contribution >= 0.6 is 11.3 Å². The lowest BCUT2D eigenvalue weighted by Gasteiger charge is -2.23. The monoisotopic (exact) mass is 340 g/mol. The van der Waals surface area contributed by atoms with Gasteiger partial charge in [-0.05, 0) is 25.0 Å². The maximum Gasteiger partial charge on any atom is 0.223 e. The first kappa shape index (κ1) is 15.3. The number of nitrogens with zero attached hydrogens (tertiary/aromatic N) is 4. The summed E-state index contributed by atoms with van der Waals surface area (Å²) in [7, 11) is 1.91. The standard InChI is InChI=1S/C18H20N4OS/c1-21-12-13(11-19-21)15-6-4-10-22(15)18(23)9-8-17-20-14-5-2-3-7-16(14)24-17/h2-3,5,7,11-12,15H,4,6,8-10H2,1H3/t15-/m1/s1. The van der Waals surface area contributed by atoms with Gasteiger partial charge in [0, 0.05) is 38.2 Å². The van der Waals surface area contributed by atoms with E-state index < -0.39 is 0 Å². The summed E-state index contributed by atoms with van der Waals surface area (Å²) in [5.74, 6) is 0.223. The van der Waals surface area contributed by atoms with E-state index in [0.717, 1.165) is 35.5 Å². The third-order valence-electron chi connectivity index (χ3n) is 4.57. The van der Waals surface area contributed by atoms with Gasteiger partial charge in [0.15, 0.2) is 0 Å². The second kappa shape index (κ2) is 6.36. The first-order valence-corrected chi connectivity index (χ1v) is 9.15. The Hall–Kier alpha value is -2.21. The average Bonchev–Trinajstić information content (AvgIpc) is 3.30. The summed E-state index contributed by atoms with van der Waals surface area (Å²) >= 11 is 1.69. The lowest BCUT2D eigenvalue weighted by Crippen LogP contribution is -2.30. The zero-order valence-electron chi connectivity index (χ0n) is 13.7. The van der Waals surface area contributed by atoms with E-state index in [1.54, 1.807) is 16.0 Å². The van der Waals surface area contributed by atoms with Crippen LogP contribution in [-0.2, 0) is 18.3 Å². The van der Waals surface area contributed by atoms with Crippen LogP contribution in [0.25, 0.3) is 10.2 Å². The van der Waals surface area contributed by atoms with Crippen molar-refractivity contribution in [3.05, 3.63) is 47.2 Å². The highest BCUT2D eigenvalue weighted by Gasteiger charge is 2.30. The second-order valence-corrected chi connectivity index (χ2v) is 7.38. The Bertz CT molecular complexity index is 836. The van der Waals surface area contributed by atoms with Gasteiger partial charge in [0.2, 0.25) is 5.91 Å². The number of amides is 1. The molecule has 0 radical (unpaired) electrons. The molecule has 4 rings (SSSR count). The number of fused-ring (bicyclic) bond motifs is 1. The van der Waals surface area contributed by atoms with Crippen molar-refractivity contribution in [2.45, 2.75) is 31.7 Å². The quantitative estimate of drug-likeness (QED) is 0.732. The smallest absolute Gasteiger partial charge is 0.223 e. The van der Waals surface area contributed by atoms with Crippen LogP contribution in [0.15, 0.2) is 36.7 Å². The molecule has 0 aliphatic carbocycles. The summed E-state index contributed by atoms with van der Waals surface area (Å²) in [6.07, 6.45) is 7.23. The predicted molar refractivity (Wildman–Crippen MR) is 94.8 cm³/mol. The van der Waals surface area contributed by atoms with E-state index in [0.29, 0.717) is 12.8 Å². The van der Waals surface area contributed by atoms with Crippen molar-refractivity contribution in [1.29, 1.82) is 0 Å². The third-order valence-corrected chi connectivity index (χ3v) is 5.67. The lowest BCUT2D eigenvalue weighted by molar-refractivity contribution is -0.132. The molecule has 1 saturated heterocycles. The number of aromatic nitrogens is 3. The number of hydrogen-bond donors (Lipinski definition) is 0. The van der Waals surface area contributed by atoms with Crippen molar-refractivity contribution in [2.75, 3.05) is 6.54 Å². The zero-order chi connectivity index (χ0) is 16.5. The van der Waals surface area contributed by atoms with E-state index in [4.69, 9.17) is 0 Å². The number of benzene rings is 1. The molecule has 1 aliphatic rings. The van der Waals surface area contributed by atoms with Crippen LogP contribution in [0.4, 0.5) is 0 Å². The molecule has 2 aromatic heterocycles. The minimum atomic E-state index is 0.182. The highest BCUT2D eigenvalue weighted by Crippen LogP contribution is 2.32. The van der Waals surface area contributed by atoms with E-state index in [1.807, 2.05) is 42.5 Å². The molecule has 124 valence electrons. The second-order valence-electron chi connectivity index (χ2n) is 6.27. The van der Waals surface area contributed by atoms with Crippen LogP contribution in [0.2, 0.25) is 0 Å². The predicted octanol–water partition coefficient (Wildman–Crippen LogP) is 3.33. The van der Waals surface area contributed by atoms with Crippen molar-refractivity contribution < 1.29 is 4.79 Å². The van der Waals surface area contributed by atoms with Gasteiger partial charge in [-0.25, -0.2) is 4.98 Å². The number of para-hydroxylation sites is 1. The summed E-state index contributed by atoms with van der Waals surface area (Å²) < 4.78 is 2.99. The van der Waals surface area contributed by atoms with Crippen molar-refractivity contribution >= 4 is 27.5 Å². The normalized spacial score (nSPS) is 17.7. The number of thiazole rings is 1. The highest BCUT2D eigenvalue weighted by atomic mass is 32.1. The molecule has 1 aromatic carbocycles. The van der Waals surface area contributed by atoms with E-state index in [2.05, 4.69) is 16.1 Å². The molecule has 1 fully saturated rings. The first-order valence-electron chi connectivity index (χ1n) is 8.33. The Morgan fingerprint density at radius 2 is 2.25 bits per heavy atom.